The average Bonchev–Trinajstić information content (AvgIpc) is 3.26. The number of aliphatic hydroxyl groups excluding tert-OH is 2. The van der Waals surface area contributed by atoms with E-state index in [2.05, 4.69) is 80.8 Å². The molecule has 0 heterocycles. The van der Waals surface area contributed by atoms with E-state index in [0.717, 1.165) is 64.2 Å². The molecule has 6 heteroatoms. The molecule has 1 amide bonds. The van der Waals surface area contributed by atoms with Gasteiger partial charge in [-0.15, -0.1) is 0 Å². The van der Waals surface area contributed by atoms with Crippen LogP contribution in [0.1, 0.15) is 258 Å². The van der Waals surface area contributed by atoms with Crippen molar-refractivity contribution in [2.75, 3.05) is 6.61 Å². The van der Waals surface area contributed by atoms with Crippen LogP contribution in [0.25, 0.3) is 0 Å². The average molecular weight is 868 g/mol. The molecule has 3 N–H and O–H groups in total. The molecule has 0 radical (unpaired) electrons. The van der Waals surface area contributed by atoms with Crippen LogP contribution >= 0.6 is 0 Å². The van der Waals surface area contributed by atoms with Gasteiger partial charge in [0.05, 0.1) is 25.2 Å². The summed E-state index contributed by atoms with van der Waals surface area (Å²) < 4.78 is 5.87. The number of ether oxygens (including phenoxy) is 1. The highest BCUT2D eigenvalue weighted by Crippen LogP contribution is 2.16. The molecule has 0 fully saturated rings. The summed E-state index contributed by atoms with van der Waals surface area (Å²) in [7, 11) is 0. The zero-order valence-corrected chi connectivity index (χ0v) is 41.0. The van der Waals surface area contributed by atoms with Crippen LogP contribution in [0, 0.1) is 0 Å². The molecule has 0 aliphatic carbocycles. The van der Waals surface area contributed by atoms with E-state index in [1.54, 1.807) is 0 Å². The van der Waals surface area contributed by atoms with E-state index in [-0.39, 0.29) is 24.9 Å². The second-order valence-corrected chi connectivity index (χ2v) is 17.9. The molecule has 0 bridgehead atoms. The van der Waals surface area contributed by atoms with Crippen molar-refractivity contribution in [3.63, 3.8) is 0 Å². The lowest BCUT2D eigenvalue weighted by molar-refractivity contribution is -0.150. The van der Waals surface area contributed by atoms with Gasteiger partial charge in [0.15, 0.2) is 0 Å². The Labute approximate surface area is 384 Å². The summed E-state index contributed by atoms with van der Waals surface area (Å²) in [5.74, 6) is -0.583. The predicted octanol–water partition coefficient (Wildman–Crippen LogP) is 16.0. The van der Waals surface area contributed by atoms with Crippen LogP contribution in [0.4, 0.5) is 0 Å². The molecular formula is C56H101NO5. The van der Waals surface area contributed by atoms with Crippen LogP contribution in [-0.4, -0.2) is 46.9 Å². The minimum Gasteiger partial charge on any atom is -0.461 e. The molecule has 0 aromatic carbocycles. The fraction of sp³-hybridized carbons (Fsp3) is 0.786. The van der Waals surface area contributed by atoms with Crippen molar-refractivity contribution < 1.29 is 24.5 Å². The minimum atomic E-state index is -0.812. The van der Waals surface area contributed by atoms with Crippen LogP contribution in [0.15, 0.2) is 60.8 Å². The van der Waals surface area contributed by atoms with Crippen LogP contribution in [0.5, 0.6) is 0 Å². The predicted molar refractivity (Wildman–Crippen MR) is 268 cm³/mol. The van der Waals surface area contributed by atoms with E-state index in [9.17, 15) is 19.8 Å². The largest absolute Gasteiger partial charge is 0.461 e. The van der Waals surface area contributed by atoms with Gasteiger partial charge in [0.2, 0.25) is 5.91 Å². The number of esters is 1. The standard InChI is InChI=1S/C56H101NO5/c1-4-7-10-13-16-19-22-24-26-27-28-30-32-34-37-40-43-46-49-56(61)62-52(47-44-41-38-35-33-31-29-25-23-20-17-14-11-8-5-2)50-55(60)57-53(51-58)54(59)48-45-42-39-36-21-18-15-12-9-6-3/h17,20,25,28-30,33,35,41,44,52-54,58-59H,4-16,18-19,21-24,26-27,31-32,34,36-40,42-43,45-51H2,1-3H3,(H,57,60)/b20-17-,29-25-,30-28+,35-33-,44-41-. The number of hydrogen-bond acceptors (Lipinski definition) is 5. The van der Waals surface area contributed by atoms with Gasteiger partial charge in [0, 0.05) is 12.8 Å². The van der Waals surface area contributed by atoms with E-state index in [0.29, 0.717) is 19.3 Å². The van der Waals surface area contributed by atoms with Gasteiger partial charge < -0.3 is 20.3 Å². The van der Waals surface area contributed by atoms with Crippen LogP contribution in [0.2, 0.25) is 0 Å². The van der Waals surface area contributed by atoms with Gasteiger partial charge in [-0.05, 0) is 70.6 Å². The Hall–Kier alpha value is -2.44. The van der Waals surface area contributed by atoms with E-state index < -0.39 is 18.2 Å². The SMILES string of the molecule is CCCCC/C=C\C/C=C\C/C=C\C/C=C\CC(CC(=O)NC(CO)C(O)CCCCCCCCCCCC)OC(=O)CCCCCCC/C=C/CCCCCCCCCCC. The lowest BCUT2D eigenvalue weighted by atomic mass is 10.0. The molecule has 3 unspecified atom stereocenters. The Bertz CT molecular complexity index is 1110. The summed E-state index contributed by atoms with van der Waals surface area (Å²) in [6.07, 6.45) is 61.6. The van der Waals surface area contributed by atoms with Crippen molar-refractivity contribution in [2.45, 2.75) is 277 Å². The third-order valence-corrected chi connectivity index (χ3v) is 11.8. The molecule has 62 heavy (non-hydrogen) atoms. The van der Waals surface area contributed by atoms with Crippen molar-refractivity contribution in [3.05, 3.63) is 60.8 Å². The highest BCUT2D eigenvalue weighted by atomic mass is 16.5. The number of allylic oxidation sites excluding steroid dienone is 9. The fourth-order valence-electron chi connectivity index (χ4n) is 7.76. The van der Waals surface area contributed by atoms with Gasteiger partial charge in [-0.2, -0.15) is 0 Å². The lowest BCUT2D eigenvalue weighted by Gasteiger charge is -2.24. The number of aliphatic hydroxyl groups is 2. The molecule has 0 aliphatic rings. The fourth-order valence-corrected chi connectivity index (χ4v) is 7.76. The second kappa shape index (κ2) is 49.6. The van der Waals surface area contributed by atoms with Gasteiger partial charge in [0.25, 0.3) is 0 Å². The Kier molecular flexibility index (Phi) is 47.6. The Morgan fingerprint density at radius 3 is 1.34 bits per heavy atom. The number of carbonyl (C=O) groups excluding carboxylic acids is 2. The van der Waals surface area contributed by atoms with Crippen molar-refractivity contribution in [3.8, 4) is 0 Å². The number of amides is 1. The van der Waals surface area contributed by atoms with Gasteiger partial charge in [-0.3, -0.25) is 9.59 Å². The van der Waals surface area contributed by atoms with Crippen LogP contribution in [0.3, 0.4) is 0 Å². The molecule has 0 aromatic rings. The molecule has 0 saturated heterocycles. The smallest absolute Gasteiger partial charge is 0.306 e. The number of carbonyl (C=O) groups is 2. The third kappa shape index (κ3) is 44.2. The molecule has 0 saturated carbocycles. The van der Waals surface area contributed by atoms with E-state index in [1.807, 2.05) is 6.08 Å². The maximum atomic E-state index is 13.2. The van der Waals surface area contributed by atoms with E-state index in [1.165, 1.54) is 148 Å². The summed E-state index contributed by atoms with van der Waals surface area (Å²) in [5, 5.41) is 23.7. The zero-order valence-electron chi connectivity index (χ0n) is 41.0. The molecule has 3 atom stereocenters. The molecule has 0 rings (SSSR count). The molecule has 0 aromatic heterocycles. The Morgan fingerprint density at radius 1 is 0.484 bits per heavy atom. The van der Waals surface area contributed by atoms with Gasteiger partial charge in [-0.1, -0.05) is 229 Å². The molecule has 0 aliphatic heterocycles. The van der Waals surface area contributed by atoms with Crippen LogP contribution < -0.4 is 5.32 Å². The van der Waals surface area contributed by atoms with Crippen molar-refractivity contribution >= 4 is 11.9 Å². The van der Waals surface area contributed by atoms with Crippen molar-refractivity contribution in [1.29, 1.82) is 0 Å². The molecule has 6 nitrogen and oxygen atoms in total. The minimum absolute atomic E-state index is 0.00210. The lowest BCUT2D eigenvalue weighted by Crippen LogP contribution is -2.46. The number of unbranched alkanes of at least 4 members (excludes halogenated alkanes) is 26. The summed E-state index contributed by atoms with van der Waals surface area (Å²) in [6.45, 7) is 6.42. The number of rotatable bonds is 47. The summed E-state index contributed by atoms with van der Waals surface area (Å²) in [6, 6.07) is -0.732. The topological polar surface area (TPSA) is 95.9 Å². The summed E-state index contributed by atoms with van der Waals surface area (Å²) >= 11 is 0. The van der Waals surface area contributed by atoms with Crippen LogP contribution in [-0.2, 0) is 14.3 Å². The third-order valence-electron chi connectivity index (χ3n) is 11.8. The number of nitrogens with one attached hydrogen (secondary N) is 1. The first-order valence-electron chi connectivity index (χ1n) is 26.5. The van der Waals surface area contributed by atoms with Crippen molar-refractivity contribution in [1.82, 2.24) is 5.32 Å². The first-order valence-corrected chi connectivity index (χ1v) is 26.5. The number of hydrogen-bond donors (Lipinski definition) is 3. The molecular weight excluding hydrogens is 767 g/mol. The highest BCUT2D eigenvalue weighted by Gasteiger charge is 2.23. The summed E-state index contributed by atoms with van der Waals surface area (Å²) in [5.41, 5.74) is 0. The molecule has 0 spiro atoms. The highest BCUT2D eigenvalue weighted by molar-refractivity contribution is 5.77. The van der Waals surface area contributed by atoms with Gasteiger partial charge in [-0.25, -0.2) is 0 Å². The first-order chi connectivity index (χ1) is 30.5. The molecule has 360 valence electrons. The quantitative estimate of drug-likeness (QED) is 0.0322. The van der Waals surface area contributed by atoms with E-state index >= 15 is 0 Å². The zero-order chi connectivity index (χ0) is 45.2. The van der Waals surface area contributed by atoms with Gasteiger partial charge >= 0.3 is 5.97 Å². The van der Waals surface area contributed by atoms with Crippen molar-refractivity contribution in [2.24, 2.45) is 0 Å². The van der Waals surface area contributed by atoms with Gasteiger partial charge in [0.1, 0.15) is 6.10 Å². The summed E-state index contributed by atoms with van der Waals surface area (Å²) in [4.78, 5) is 26.1. The Balaban J connectivity index is 4.68. The normalized spacial score (nSPS) is 13.7. The Morgan fingerprint density at radius 2 is 0.855 bits per heavy atom. The first kappa shape index (κ1) is 59.6. The monoisotopic (exact) mass is 868 g/mol. The maximum absolute atomic E-state index is 13.2. The second-order valence-electron chi connectivity index (χ2n) is 17.9. The van der Waals surface area contributed by atoms with E-state index in [4.69, 9.17) is 4.74 Å². The maximum Gasteiger partial charge on any atom is 0.306 e.